The standard InChI is InChI=1S/C28H23F2N5O2/c1-28(29,30)17-5-2-6-19(13-17)33-27(37)34-21-8-3-7-20(14-21)32-22-10-11-23-24(15-18-9-4-12-31-18)26(36)35-25(23)16-22/h2-16,31-32H,1H3,(H,35,36)(H2,33,34,37)/b24-15-. The second-order valence-corrected chi connectivity index (χ2v) is 8.65. The van der Waals surface area contributed by atoms with Gasteiger partial charge in [0, 0.05) is 52.7 Å². The number of H-pyrrole nitrogens is 1. The Bertz CT molecular complexity index is 1510. The molecule has 186 valence electrons. The molecule has 0 radical (unpaired) electrons. The lowest BCUT2D eigenvalue weighted by atomic mass is 10.1. The molecule has 3 aromatic carbocycles. The zero-order valence-corrected chi connectivity index (χ0v) is 19.7. The van der Waals surface area contributed by atoms with Gasteiger partial charge in [-0.3, -0.25) is 4.79 Å². The number of carbonyl (C=O) groups excluding carboxylic acids is 2. The number of alkyl halides is 2. The number of hydrogen-bond acceptors (Lipinski definition) is 3. The topological polar surface area (TPSA) is 98.0 Å². The molecule has 0 aliphatic carbocycles. The van der Waals surface area contributed by atoms with Crippen LogP contribution in [0.3, 0.4) is 0 Å². The van der Waals surface area contributed by atoms with E-state index in [1.54, 1.807) is 30.5 Å². The van der Waals surface area contributed by atoms with Crippen molar-refractivity contribution >= 4 is 52.0 Å². The quantitative estimate of drug-likeness (QED) is 0.185. The maximum Gasteiger partial charge on any atom is 0.323 e. The van der Waals surface area contributed by atoms with Crippen molar-refractivity contribution in [2.45, 2.75) is 12.8 Å². The molecular formula is C28H23F2N5O2. The number of aromatic amines is 1. The first-order valence-electron chi connectivity index (χ1n) is 11.5. The fourth-order valence-corrected chi connectivity index (χ4v) is 4.01. The van der Waals surface area contributed by atoms with Crippen molar-refractivity contribution in [3.63, 3.8) is 0 Å². The smallest absolute Gasteiger partial charge is 0.323 e. The van der Waals surface area contributed by atoms with Crippen LogP contribution < -0.4 is 21.3 Å². The minimum atomic E-state index is -3.01. The Labute approximate surface area is 211 Å². The van der Waals surface area contributed by atoms with Gasteiger partial charge in [-0.25, -0.2) is 13.6 Å². The predicted octanol–water partition coefficient (Wildman–Crippen LogP) is 7.01. The van der Waals surface area contributed by atoms with Gasteiger partial charge in [0.1, 0.15) is 0 Å². The highest BCUT2D eigenvalue weighted by atomic mass is 19.3. The van der Waals surface area contributed by atoms with Crippen LogP contribution in [0.25, 0.3) is 11.6 Å². The molecular weight excluding hydrogens is 476 g/mol. The van der Waals surface area contributed by atoms with E-state index in [1.165, 1.54) is 24.3 Å². The fourth-order valence-electron chi connectivity index (χ4n) is 4.01. The number of halogens is 2. The van der Waals surface area contributed by atoms with Gasteiger partial charge in [-0.05, 0) is 60.7 Å². The molecule has 37 heavy (non-hydrogen) atoms. The molecule has 2 heterocycles. The van der Waals surface area contributed by atoms with E-state index < -0.39 is 12.0 Å². The summed E-state index contributed by atoms with van der Waals surface area (Å²) in [6.45, 7) is 0.804. The van der Waals surface area contributed by atoms with Gasteiger partial charge in [0.05, 0.1) is 11.3 Å². The number of carbonyl (C=O) groups is 2. The largest absolute Gasteiger partial charge is 0.362 e. The Morgan fingerprint density at radius 3 is 2.30 bits per heavy atom. The third-order valence-corrected chi connectivity index (χ3v) is 5.76. The van der Waals surface area contributed by atoms with Crippen LogP contribution in [0.2, 0.25) is 0 Å². The van der Waals surface area contributed by atoms with Gasteiger partial charge in [-0.15, -0.1) is 0 Å². The number of fused-ring (bicyclic) bond motifs is 1. The zero-order valence-electron chi connectivity index (χ0n) is 19.7. The summed E-state index contributed by atoms with van der Waals surface area (Å²) < 4.78 is 27.1. The van der Waals surface area contributed by atoms with Crippen molar-refractivity contribution in [3.05, 3.63) is 102 Å². The van der Waals surface area contributed by atoms with Gasteiger partial charge in [-0.2, -0.15) is 0 Å². The first kappa shape index (κ1) is 23.8. The Balaban J connectivity index is 1.26. The van der Waals surface area contributed by atoms with Crippen LogP contribution in [0, 0.1) is 0 Å². The first-order chi connectivity index (χ1) is 17.7. The predicted molar refractivity (Wildman–Crippen MR) is 142 cm³/mol. The van der Waals surface area contributed by atoms with E-state index in [4.69, 9.17) is 0 Å². The maximum absolute atomic E-state index is 13.6. The van der Waals surface area contributed by atoms with Crippen molar-refractivity contribution < 1.29 is 18.4 Å². The van der Waals surface area contributed by atoms with Crippen LogP contribution in [0.15, 0.2) is 85.1 Å². The second kappa shape index (κ2) is 9.62. The highest BCUT2D eigenvalue weighted by Gasteiger charge is 2.25. The fraction of sp³-hybridized carbons (Fsp3) is 0.0714. The molecule has 5 rings (SSSR count). The number of nitrogens with one attached hydrogen (secondary N) is 5. The van der Waals surface area contributed by atoms with Crippen molar-refractivity contribution in [3.8, 4) is 0 Å². The number of anilines is 5. The lowest BCUT2D eigenvalue weighted by molar-refractivity contribution is -0.110. The van der Waals surface area contributed by atoms with E-state index in [-0.39, 0.29) is 17.2 Å². The molecule has 7 nitrogen and oxygen atoms in total. The van der Waals surface area contributed by atoms with E-state index in [9.17, 15) is 18.4 Å². The van der Waals surface area contributed by atoms with Crippen LogP contribution in [-0.2, 0) is 10.7 Å². The van der Waals surface area contributed by atoms with E-state index in [2.05, 4.69) is 26.3 Å². The maximum atomic E-state index is 13.6. The van der Waals surface area contributed by atoms with Crippen molar-refractivity contribution in [1.82, 2.24) is 4.98 Å². The van der Waals surface area contributed by atoms with E-state index in [0.717, 1.165) is 23.9 Å². The van der Waals surface area contributed by atoms with Crippen molar-refractivity contribution in [1.29, 1.82) is 0 Å². The first-order valence-corrected chi connectivity index (χ1v) is 11.5. The molecule has 0 bridgehead atoms. The lowest BCUT2D eigenvalue weighted by Gasteiger charge is -2.13. The molecule has 9 heteroatoms. The molecule has 1 aliphatic rings. The van der Waals surface area contributed by atoms with Gasteiger partial charge in [-0.1, -0.05) is 24.3 Å². The van der Waals surface area contributed by atoms with Gasteiger partial charge in [0.25, 0.3) is 11.8 Å². The summed E-state index contributed by atoms with van der Waals surface area (Å²) >= 11 is 0. The summed E-state index contributed by atoms with van der Waals surface area (Å²) in [4.78, 5) is 28.0. The van der Waals surface area contributed by atoms with E-state index in [1.807, 2.05) is 36.4 Å². The van der Waals surface area contributed by atoms with Crippen LogP contribution in [0.4, 0.5) is 42.0 Å². The minimum Gasteiger partial charge on any atom is -0.362 e. The van der Waals surface area contributed by atoms with Gasteiger partial charge in [0.2, 0.25) is 0 Å². The Morgan fingerprint density at radius 1 is 0.865 bits per heavy atom. The third kappa shape index (κ3) is 5.51. The summed E-state index contributed by atoms with van der Waals surface area (Å²) in [5, 5.41) is 11.4. The number of urea groups is 1. The highest BCUT2D eigenvalue weighted by Crippen LogP contribution is 2.36. The molecule has 0 fully saturated rings. The third-order valence-electron chi connectivity index (χ3n) is 5.76. The van der Waals surface area contributed by atoms with Gasteiger partial charge < -0.3 is 26.3 Å². The monoisotopic (exact) mass is 499 g/mol. The normalized spacial score (nSPS) is 13.7. The summed E-state index contributed by atoms with van der Waals surface area (Å²) in [5.41, 5.74) is 4.95. The van der Waals surface area contributed by atoms with E-state index >= 15 is 0 Å². The molecule has 3 amide bonds. The van der Waals surface area contributed by atoms with E-state index in [0.29, 0.717) is 22.6 Å². The number of hydrogen-bond donors (Lipinski definition) is 5. The Hall–Kier alpha value is -4.92. The zero-order chi connectivity index (χ0) is 26.0. The van der Waals surface area contributed by atoms with Crippen molar-refractivity contribution in [2.24, 2.45) is 0 Å². The molecule has 4 aromatic rings. The molecule has 5 N–H and O–H groups in total. The lowest BCUT2D eigenvalue weighted by Crippen LogP contribution is -2.20. The van der Waals surface area contributed by atoms with Crippen LogP contribution in [-0.4, -0.2) is 16.9 Å². The van der Waals surface area contributed by atoms with Crippen molar-refractivity contribution in [2.75, 3.05) is 21.3 Å². The molecule has 1 aliphatic heterocycles. The van der Waals surface area contributed by atoms with Gasteiger partial charge >= 0.3 is 6.03 Å². The SMILES string of the molecule is CC(F)(F)c1cccc(NC(=O)Nc2cccc(Nc3ccc4c(c3)NC(=O)/C4=C\c3ccc[nH]3)c2)c1. The molecule has 1 aromatic heterocycles. The van der Waals surface area contributed by atoms with Crippen LogP contribution in [0.1, 0.15) is 23.7 Å². The van der Waals surface area contributed by atoms with Crippen LogP contribution in [0.5, 0.6) is 0 Å². The summed E-state index contributed by atoms with van der Waals surface area (Å²) in [7, 11) is 0. The molecule has 0 atom stereocenters. The minimum absolute atomic E-state index is 0.174. The molecule has 0 unspecified atom stereocenters. The van der Waals surface area contributed by atoms with Gasteiger partial charge in [0.15, 0.2) is 0 Å². The van der Waals surface area contributed by atoms with Crippen LogP contribution >= 0.6 is 0 Å². The average molecular weight is 500 g/mol. The number of amides is 3. The molecule has 0 saturated heterocycles. The highest BCUT2D eigenvalue weighted by molar-refractivity contribution is 6.35. The number of rotatable bonds is 6. The average Bonchev–Trinajstić information content (AvgIpc) is 3.46. The Kier molecular flexibility index (Phi) is 6.19. The second-order valence-electron chi connectivity index (χ2n) is 8.65. The summed E-state index contributed by atoms with van der Waals surface area (Å²) in [5.74, 6) is -3.18. The number of aromatic nitrogens is 1. The number of benzene rings is 3. The Morgan fingerprint density at radius 2 is 1.57 bits per heavy atom. The molecule has 0 spiro atoms. The summed E-state index contributed by atoms with van der Waals surface area (Å²) in [6, 6.07) is 21.4. The summed E-state index contributed by atoms with van der Waals surface area (Å²) in [6.07, 6.45) is 3.60. The molecule has 0 saturated carbocycles.